The Hall–Kier alpha value is -1.11. The summed E-state index contributed by atoms with van der Waals surface area (Å²) in [6, 6.07) is 3.63. The number of anilines is 1. The smallest absolute Gasteiger partial charge is 0.242 e. The van der Waals surface area contributed by atoms with Gasteiger partial charge in [0.1, 0.15) is 4.90 Å². The molecule has 2 rings (SSSR count). The van der Waals surface area contributed by atoms with Crippen LogP contribution in [0.5, 0.6) is 0 Å². The number of hydrogen-bond acceptors (Lipinski definition) is 4. The lowest BCUT2D eigenvalue weighted by Crippen LogP contribution is -2.32. The number of aryl methyl sites for hydroxylation is 2. The average Bonchev–Trinajstić information content (AvgIpc) is 3.20. The molecule has 21 heavy (non-hydrogen) atoms. The van der Waals surface area contributed by atoms with Crippen LogP contribution in [-0.2, 0) is 14.8 Å². The molecule has 0 atom stereocenters. The van der Waals surface area contributed by atoms with Crippen molar-refractivity contribution >= 4 is 15.7 Å². The van der Waals surface area contributed by atoms with Crippen molar-refractivity contribution in [1.29, 1.82) is 0 Å². The number of ether oxygens (including phenoxy) is 1. The highest BCUT2D eigenvalue weighted by molar-refractivity contribution is 7.89. The second-order valence-corrected chi connectivity index (χ2v) is 7.71. The number of sulfonamides is 1. The van der Waals surface area contributed by atoms with Crippen LogP contribution in [0.2, 0.25) is 0 Å². The number of benzene rings is 1. The first-order valence-electron chi connectivity index (χ1n) is 7.16. The van der Waals surface area contributed by atoms with E-state index in [1.165, 1.54) is 0 Å². The maximum Gasteiger partial charge on any atom is 0.242 e. The Balaban J connectivity index is 2.15. The second kappa shape index (κ2) is 5.94. The van der Waals surface area contributed by atoms with Crippen LogP contribution in [-0.4, -0.2) is 28.7 Å². The second-order valence-electron chi connectivity index (χ2n) is 6.01. The van der Waals surface area contributed by atoms with Gasteiger partial charge in [0, 0.05) is 20.3 Å². The molecule has 0 spiro atoms. The largest absolute Gasteiger partial charge is 0.397 e. The van der Waals surface area contributed by atoms with E-state index in [0.717, 1.165) is 24.8 Å². The van der Waals surface area contributed by atoms with Crippen molar-refractivity contribution in [2.24, 2.45) is 5.41 Å². The van der Waals surface area contributed by atoms with Crippen molar-refractivity contribution in [2.75, 3.05) is 26.0 Å². The molecule has 118 valence electrons. The van der Waals surface area contributed by atoms with Crippen LogP contribution in [0.4, 0.5) is 5.69 Å². The number of methoxy groups -OCH3 is 1. The molecule has 3 N–H and O–H groups in total. The van der Waals surface area contributed by atoms with E-state index in [9.17, 15) is 8.42 Å². The lowest BCUT2D eigenvalue weighted by Gasteiger charge is -2.18. The Morgan fingerprint density at radius 3 is 2.48 bits per heavy atom. The summed E-state index contributed by atoms with van der Waals surface area (Å²) in [5, 5.41) is 0. The molecule has 1 aromatic carbocycles. The predicted octanol–water partition coefficient (Wildman–Crippen LogP) is 1.98. The first-order valence-corrected chi connectivity index (χ1v) is 8.64. The summed E-state index contributed by atoms with van der Waals surface area (Å²) in [5.74, 6) is 0. The van der Waals surface area contributed by atoms with Crippen LogP contribution >= 0.6 is 0 Å². The number of nitrogen functional groups attached to an aromatic ring is 1. The molecule has 1 aliphatic carbocycles. The van der Waals surface area contributed by atoms with Gasteiger partial charge in [-0.05, 0) is 49.7 Å². The van der Waals surface area contributed by atoms with Crippen molar-refractivity contribution in [3.05, 3.63) is 23.3 Å². The van der Waals surface area contributed by atoms with Crippen LogP contribution in [0.15, 0.2) is 17.0 Å². The van der Waals surface area contributed by atoms with Crippen LogP contribution in [0.25, 0.3) is 0 Å². The zero-order valence-corrected chi connectivity index (χ0v) is 13.7. The van der Waals surface area contributed by atoms with Crippen LogP contribution in [0.1, 0.15) is 30.4 Å². The third-order valence-corrected chi connectivity index (χ3v) is 5.91. The van der Waals surface area contributed by atoms with E-state index < -0.39 is 10.0 Å². The maximum absolute atomic E-state index is 12.6. The lowest BCUT2D eigenvalue weighted by molar-refractivity contribution is 0.173. The van der Waals surface area contributed by atoms with E-state index in [2.05, 4.69) is 4.72 Å². The third kappa shape index (κ3) is 3.56. The first kappa shape index (κ1) is 16.3. The molecule has 6 heteroatoms. The van der Waals surface area contributed by atoms with Crippen LogP contribution in [0, 0.1) is 19.3 Å². The molecule has 1 saturated carbocycles. The Morgan fingerprint density at radius 2 is 1.90 bits per heavy atom. The van der Waals surface area contributed by atoms with Gasteiger partial charge in [-0.3, -0.25) is 0 Å². The van der Waals surface area contributed by atoms with Gasteiger partial charge in [0.2, 0.25) is 10.0 Å². The van der Waals surface area contributed by atoms with Gasteiger partial charge >= 0.3 is 0 Å². The zero-order chi connectivity index (χ0) is 15.7. The lowest BCUT2D eigenvalue weighted by atomic mass is 10.0. The van der Waals surface area contributed by atoms with E-state index in [-0.39, 0.29) is 10.3 Å². The Labute approximate surface area is 126 Å². The highest BCUT2D eigenvalue weighted by Crippen LogP contribution is 2.48. The van der Waals surface area contributed by atoms with Gasteiger partial charge in [-0.1, -0.05) is 12.1 Å². The number of rotatable bonds is 7. The Morgan fingerprint density at radius 1 is 1.29 bits per heavy atom. The molecule has 0 radical (unpaired) electrons. The van der Waals surface area contributed by atoms with E-state index in [0.29, 0.717) is 24.4 Å². The summed E-state index contributed by atoms with van der Waals surface area (Å²) in [7, 11) is -1.91. The maximum atomic E-state index is 12.6. The summed E-state index contributed by atoms with van der Waals surface area (Å²) >= 11 is 0. The molecule has 0 heterocycles. The van der Waals surface area contributed by atoms with Gasteiger partial charge in [-0.25, -0.2) is 13.1 Å². The highest BCUT2D eigenvalue weighted by Gasteiger charge is 2.42. The first-order chi connectivity index (χ1) is 9.81. The number of hydrogen-bond donors (Lipinski definition) is 2. The van der Waals surface area contributed by atoms with E-state index in [1.807, 2.05) is 13.0 Å². The summed E-state index contributed by atoms with van der Waals surface area (Å²) in [4.78, 5) is 0.213. The van der Waals surface area contributed by atoms with Gasteiger partial charge in [-0.15, -0.1) is 0 Å². The highest BCUT2D eigenvalue weighted by atomic mass is 32.2. The molecule has 1 aromatic rings. The molecular weight excluding hydrogens is 288 g/mol. The topological polar surface area (TPSA) is 81.4 Å². The molecule has 0 amide bonds. The Bertz CT molecular complexity index is 622. The summed E-state index contributed by atoms with van der Waals surface area (Å²) in [6.45, 7) is 4.69. The van der Waals surface area contributed by atoms with E-state index in [4.69, 9.17) is 10.5 Å². The Kier molecular flexibility index (Phi) is 4.60. The fourth-order valence-electron chi connectivity index (χ4n) is 2.49. The average molecular weight is 312 g/mol. The molecule has 0 saturated heterocycles. The minimum atomic E-state index is -3.58. The number of nitrogens with one attached hydrogen (secondary N) is 1. The standard InChI is InChI=1S/C15H24N2O3S/c1-11-4-5-12(2)14(13(11)16)21(18,19)17-10-15(6-7-15)8-9-20-3/h4-5,17H,6-10,16H2,1-3H3. The number of nitrogens with two attached hydrogens (primary N) is 1. The summed E-state index contributed by atoms with van der Waals surface area (Å²) in [6.07, 6.45) is 2.97. The minimum Gasteiger partial charge on any atom is -0.397 e. The monoisotopic (exact) mass is 312 g/mol. The quantitative estimate of drug-likeness (QED) is 0.754. The predicted molar refractivity (Wildman–Crippen MR) is 83.7 cm³/mol. The van der Waals surface area contributed by atoms with Gasteiger partial charge in [0.15, 0.2) is 0 Å². The minimum absolute atomic E-state index is 0.0651. The summed E-state index contributed by atoms with van der Waals surface area (Å²) < 4.78 is 32.9. The molecule has 1 aliphatic rings. The molecule has 5 nitrogen and oxygen atoms in total. The molecule has 0 unspecified atom stereocenters. The molecule has 0 aromatic heterocycles. The van der Waals surface area contributed by atoms with Crippen molar-refractivity contribution < 1.29 is 13.2 Å². The van der Waals surface area contributed by atoms with Crippen LogP contribution < -0.4 is 10.5 Å². The van der Waals surface area contributed by atoms with E-state index in [1.54, 1.807) is 20.1 Å². The molecular formula is C15H24N2O3S. The van der Waals surface area contributed by atoms with Crippen molar-refractivity contribution in [3.63, 3.8) is 0 Å². The third-order valence-electron chi connectivity index (χ3n) is 4.31. The fraction of sp³-hybridized carbons (Fsp3) is 0.600. The fourth-order valence-corrected chi connectivity index (χ4v) is 4.08. The van der Waals surface area contributed by atoms with E-state index >= 15 is 0 Å². The van der Waals surface area contributed by atoms with Crippen LogP contribution in [0.3, 0.4) is 0 Å². The zero-order valence-electron chi connectivity index (χ0n) is 12.9. The van der Waals surface area contributed by atoms with Gasteiger partial charge in [0.05, 0.1) is 5.69 Å². The van der Waals surface area contributed by atoms with Gasteiger partial charge in [0.25, 0.3) is 0 Å². The van der Waals surface area contributed by atoms with Gasteiger partial charge < -0.3 is 10.5 Å². The van der Waals surface area contributed by atoms with Crippen molar-refractivity contribution in [1.82, 2.24) is 4.72 Å². The van der Waals surface area contributed by atoms with Gasteiger partial charge in [-0.2, -0.15) is 0 Å². The normalized spacial score (nSPS) is 16.9. The van der Waals surface area contributed by atoms with Crippen molar-refractivity contribution in [2.45, 2.75) is 38.0 Å². The van der Waals surface area contributed by atoms with Crippen molar-refractivity contribution in [3.8, 4) is 0 Å². The molecule has 0 aliphatic heterocycles. The molecule has 1 fully saturated rings. The summed E-state index contributed by atoms with van der Waals surface area (Å²) in [5.41, 5.74) is 7.82. The molecule has 0 bridgehead atoms. The SMILES string of the molecule is COCCC1(CNS(=O)(=O)c2c(C)ccc(C)c2N)CC1.